The van der Waals surface area contributed by atoms with Gasteiger partial charge in [0.2, 0.25) is 15.8 Å². The Balaban J connectivity index is 1.51. The van der Waals surface area contributed by atoms with Crippen LogP contribution in [0.15, 0.2) is 62.6 Å². The number of aromatic nitrogens is 1. The molecule has 3 rings (SSSR count). The number of benzene rings is 1. The molecule has 136 valence electrons. The van der Waals surface area contributed by atoms with E-state index in [-0.39, 0.29) is 11.5 Å². The minimum Gasteiger partial charge on any atom is -0.461 e. The zero-order valence-corrected chi connectivity index (χ0v) is 14.7. The van der Waals surface area contributed by atoms with Gasteiger partial charge in [0, 0.05) is 6.07 Å². The first-order valence-electron chi connectivity index (χ1n) is 7.65. The summed E-state index contributed by atoms with van der Waals surface area (Å²) in [4.78, 5) is 11.8. The first kappa shape index (κ1) is 17.9. The van der Waals surface area contributed by atoms with Gasteiger partial charge >= 0.3 is 5.97 Å². The van der Waals surface area contributed by atoms with E-state index in [4.69, 9.17) is 13.7 Å². The van der Waals surface area contributed by atoms with Gasteiger partial charge in [-0.25, -0.2) is 8.42 Å². The largest absolute Gasteiger partial charge is 0.461 e. The minimum absolute atomic E-state index is 0.0792. The summed E-state index contributed by atoms with van der Waals surface area (Å²) in [7, 11) is -3.78. The van der Waals surface area contributed by atoms with Crippen molar-refractivity contribution in [1.29, 1.82) is 0 Å². The number of aryl methyl sites for hydroxylation is 1. The van der Waals surface area contributed by atoms with E-state index >= 15 is 0 Å². The van der Waals surface area contributed by atoms with Crippen LogP contribution in [-0.4, -0.2) is 26.1 Å². The summed E-state index contributed by atoms with van der Waals surface area (Å²) in [6, 6.07) is 11.3. The van der Waals surface area contributed by atoms with E-state index in [1.165, 1.54) is 18.4 Å². The van der Waals surface area contributed by atoms with Crippen LogP contribution in [0, 0.1) is 6.92 Å². The number of hydrogen-bond acceptors (Lipinski definition) is 7. The molecule has 0 spiro atoms. The van der Waals surface area contributed by atoms with Crippen LogP contribution in [0.3, 0.4) is 0 Å². The fourth-order valence-corrected chi connectivity index (χ4v) is 3.04. The Labute approximate surface area is 149 Å². The monoisotopic (exact) mass is 376 g/mol. The molecule has 0 amide bonds. The summed E-state index contributed by atoms with van der Waals surface area (Å²) in [5.74, 6) is 0.172. The van der Waals surface area contributed by atoms with Crippen molar-refractivity contribution >= 4 is 16.0 Å². The van der Waals surface area contributed by atoms with Gasteiger partial charge in [-0.2, -0.15) is 4.72 Å². The minimum atomic E-state index is -3.78. The Morgan fingerprint density at radius 2 is 1.96 bits per heavy atom. The van der Waals surface area contributed by atoms with Crippen LogP contribution < -0.4 is 4.72 Å². The normalized spacial score (nSPS) is 11.4. The predicted molar refractivity (Wildman–Crippen MR) is 90.4 cm³/mol. The lowest BCUT2D eigenvalue weighted by molar-refractivity contribution is -0.143. The highest BCUT2D eigenvalue weighted by molar-refractivity contribution is 7.89. The van der Waals surface area contributed by atoms with E-state index in [0.29, 0.717) is 17.2 Å². The maximum atomic E-state index is 12.1. The van der Waals surface area contributed by atoms with E-state index < -0.39 is 22.5 Å². The second kappa shape index (κ2) is 7.54. The van der Waals surface area contributed by atoms with Crippen molar-refractivity contribution in [3.8, 4) is 11.5 Å². The Bertz CT molecular complexity index is 975. The molecule has 0 aliphatic carbocycles. The molecular formula is C17H16N2O6S. The number of nitrogens with one attached hydrogen (secondary N) is 1. The average molecular weight is 376 g/mol. The molecular weight excluding hydrogens is 360 g/mol. The first-order valence-corrected chi connectivity index (χ1v) is 9.14. The molecule has 0 aliphatic heterocycles. The number of ether oxygens (including phenoxy) is 1. The standard InChI is InChI=1S/C17H16N2O6S/c1-12-4-6-14(7-5-12)26(21,22)18-10-17(20)24-11-13-9-16(25-19-13)15-3-2-8-23-15/h2-9,18H,10-11H2,1H3. The van der Waals surface area contributed by atoms with Crippen LogP contribution in [0.25, 0.3) is 11.5 Å². The third kappa shape index (κ3) is 4.38. The molecule has 9 heteroatoms. The smallest absolute Gasteiger partial charge is 0.321 e. The quantitative estimate of drug-likeness (QED) is 0.630. The molecule has 0 bridgehead atoms. The number of carbonyl (C=O) groups is 1. The van der Waals surface area contributed by atoms with Crippen LogP contribution in [-0.2, 0) is 26.2 Å². The van der Waals surface area contributed by atoms with Crippen molar-refractivity contribution in [2.24, 2.45) is 0 Å². The molecule has 0 aliphatic rings. The van der Waals surface area contributed by atoms with Crippen molar-refractivity contribution in [3.05, 3.63) is 60.0 Å². The zero-order chi connectivity index (χ0) is 18.6. The fraction of sp³-hybridized carbons (Fsp3) is 0.176. The van der Waals surface area contributed by atoms with Crippen LogP contribution >= 0.6 is 0 Å². The Hall–Kier alpha value is -2.91. The van der Waals surface area contributed by atoms with Crippen LogP contribution in [0.4, 0.5) is 0 Å². The summed E-state index contributed by atoms with van der Waals surface area (Å²) in [6.45, 7) is 1.22. The molecule has 8 nitrogen and oxygen atoms in total. The van der Waals surface area contributed by atoms with Crippen molar-refractivity contribution in [2.45, 2.75) is 18.4 Å². The Morgan fingerprint density at radius 1 is 1.19 bits per heavy atom. The van der Waals surface area contributed by atoms with Gasteiger partial charge in [0.15, 0.2) is 5.76 Å². The summed E-state index contributed by atoms with van der Waals surface area (Å²) < 4.78 is 41.6. The second-order valence-electron chi connectivity index (χ2n) is 5.46. The summed E-state index contributed by atoms with van der Waals surface area (Å²) in [5.41, 5.74) is 1.32. The average Bonchev–Trinajstić information content (AvgIpc) is 3.30. The number of furan rings is 1. The van der Waals surface area contributed by atoms with Crippen LogP contribution in [0.1, 0.15) is 11.3 Å². The molecule has 0 atom stereocenters. The SMILES string of the molecule is Cc1ccc(S(=O)(=O)NCC(=O)OCc2cc(-c3ccco3)on2)cc1. The number of carbonyl (C=O) groups excluding carboxylic acids is 1. The van der Waals surface area contributed by atoms with Gasteiger partial charge < -0.3 is 13.7 Å². The highest BCUT2D eigenvalue weighted by atomic mass is 32.2. The molecule has 2 aromatic heterocycles. The zero-order valence-electron chi connectivity index (χ0n) is 13.8. The molecule has 2 heterocycles. The first-order chi connectivity index (χ1) is 12.4. The maximum Gasteiger partial charge on any atom is 0.321 e. The highest BCUT2D eigenvalue weighted by Crippen LogP contribution is 2.20. The molecule has 1 N–H and O–H groups in total. The predicted octanol–water partition coefficient (Wildman–Crippen LogP) is 2.26. The van der Waals surface area contributed by atoms with Gasteiger partial charge in [-0.05, 0) is 31.2 Å². The second-order valence-corrected chi connectivity index (χ2v) is 7.23. The highest BCUT2D eigenvalue weighted by Gasteiger charge is 2.16. The number of esters is 1. The van der Waals surface area contributed by atoms with Crippen molar-refractivity contribution < 1.29 is 26.9 Å². The number of hydrogen-bond donors (Lipinski definition) is 1. The maximum absolute atomic E-state index is 12.1. The lowest BCUT2D eigenvalue weighted by Crippen LogP contribution is -2.30. The van der Waals surface area contributed by atoms with E-state index in [0.717, 1.165) is 5.56 Å². The van der Waals surface area contributed by atoms with Gasteiger partial charge in [-0.1, -0.05) is 22.9 Å². The van der Waals surface area contributed by atoms with E-state index in [1.807, 2.05) is 6.92 Å². The molecule has 0 saturated heterocycles. The van der Waals surface area contributed by atoms with Gasteiger partial charge in [-0.15, -0.1) is 0 Å². The summed E-state index contributed by atoms with van der Waals surface area (Å²) in [6.07, 6.45) is 1.50. The molecule has 0 radical (unpaired) electrons. The van der Waals surface area contributed by atoms with Crippen molar-refractivity contribution in [2.75, 3.05) is 6.54 Å². The number of nitrogens with zero attached hydrogens (tertiary/aromatic N) is 1. The fourth-order valence-electron chi connectivity index (χ4n) is 2.07. The molecule has 0 fully saturated rings. The van der Waals surface area contributed by atoms with Crippen molar-refractivity contribution in [1.82, 2.24) is 9.88 Å². The van der Waals surface area contributed by atoms with E-state index in [2.05, 4.69) is 9.88 Å². The number of rotatable bonds is 7. The lowest BCUT2D eigenvalue weighted by Gasteiger charge is -2.07. The van der Waals surface area contributed by atoms with Gasteiger partial charge in [0.25, 0.3) is 0 Å². The number of sulfonamides is 1. The topological polar surface area (TPSA) is 112 Å². The lowest BCUT2D eigenvalue weighted by atomic mass is 10.2. The Kier molecular flexibility index (Phi) is 5.19. The van der Waals surface area contributed by atoms with Gasteiger partial charge in [0.05, 0.1) is 11.2 Å². The summed E-state index contributed by atoms with van der Waals surface area (Å²) in [5, 5.41) is 3.76. The van der Waals surface area contributed by atoms with E-state index in [9.17, 15) is 13.2 Å². The summed E-state index contributed by atoms with van der Waals surface area (Å²) >= 11 is 0. The van der Waals surface area contributed by atoms with Crippen LogP contribution in [0.5, 0.6) is 0 Å². The third-order valence-corrected chi connectivity index (χ3v) is 4.86. The third-order valence-electron chi connectivity index (χ3n) is 3.44. The van der Waals surface area contributed by atoms with Crippen molar-refractivity contribution in [3.63, 3.8) is 0 Å². The molecule has 0 saturated carbocycles. The van der Waals surface area contributed by atoms with Crippen LogP contribution in [0.2, 0.25) is 0 Å². The van der Waals surface area contributed by atoms with E-state index in [1.54, 1.807) is 30.3 Å². The Morgan fingerprint density at radius 3 is 2.65 bits per heavy atom. The molecule has 1 aromatic carbocycles. The van der Waals surface area contributed by atoms with Gasteiger partial charge in [-0.3, -0.25) is 4.79 Å². The molecule has 0 unspecified atom stereocenters. The molecule has 3 aromatic rings. The molecule has 26 heavy (non-hydrogen) atoms. The van der Waals surface area contributed by atoms with Gasteiger partial charge in [0.1, 0.15) is 18.8 Å².